The SMILES string of the molecule is BC(CC)C(=O)NC. The van der Waals surface area contributed by atoms with Gasteiger partial charge in [-0.15, -0.1) is 0 Å². The topological polar surface area (TPSA) is 29.1 Å². The highest BCUT2D eigenvalue weighted by atomic mass is 16.1. The Bertz CT molecular complexity index is 84.5. The van der Waals surface area contributed by atoms with Crippen molar-refractivity contribution in [1.82, 2.24) is 5.32 Å². The number of rotatable bonds is 2. The fourth-order valence-corrected chi connectivity index (χ4v) is 0.432. The zero-order valence-corrected chi connectivity index (χ0v) is 5.69. The summed E-state index contributed by atoms with van der Waals surface area (Å²) in [6.07, 6.45) is 0.916. The van der Waals surface area contributed by atoms with Crippen LogP contribution in [0.4, 0.5) is 0 Å². The van der Waals surface area contributed by atoms with Crippen molar-refractivity contribution in [3.63, 3.8) is 0 Å². The molecule has 0 rings (SSSR count). The lowest BCUT2D eigenvalue weighted by Crippen LogP contribution is -2.22. The predicted molar refractivity (Wildman–Crippen MR) is 36.7 cm³/mol. The summed E-state index contributed by atoms with van der Waals surface area (Å²) in [6, 6.07) is 0. The van der Waals surface area contributed by atoms with Crippen molar-refractivity contribution >= 4 is 13.8 Å². The molecule has 3 heteroatoms. The van der Waals surface area contributed by atoms with Gasteiger partial charge in [0.2, 0.25) is 5.91 Å². The Morgan fingerprint density at radius 2 is 2.38 bits per heavy atom. The fourth-order valence-electron chi connectivity index (χ4n) is 0.432. The van der Waals surface area contributed by atoms with E-state index in [1.807, 2.05) is 14.8 Å². The Hall–Kier alpha value is -0.465. The minimum atomic E-state index is 0.132. The maximum atomic E-state index is 10.6. The Labute approximate surface area is 51.1 Å². The van der Waals surface area contributed by atoms with Crippen LogP contribution in [0.2, 0.25) is 5.82 Å². The van der Waals surface area contributed by atoms with Crippen LogP contribution in [0.1, 0.15) is 13.3 Å². The Kier molecular flexibility index (Phi) is 3.32. The first-order valence-corrected chi connectivity index (χ1v) is 2.94. The second kappa shape index (κ2) is 3.53. The van der Waals surface area contributed by atoms with Crippen molar-refractivity contribution < 1.29 is 4.79 Å². The third-order valence-electron chi connectivity index (χ3n) is 1.31. The molecule has 0 fully saturated rings. The molecule has 46 valence electrons. The van der Waals surface area contributed by atoms with Crippen molar-refractivity contribution in [3.05, 3.63) is 0 Å². The summed E-state index contributed by atoms with van der Waals surface area (Å²) in [5.41, 5.74) is 0. The van der Waals surface area contributed by atoms with E-state index < -0.39 is 0 Å². The summed E-state index contributed by atoms with van der Waals surface area (Å²) in [6.45, 7) is 2.00. The number of amides is 1. The van der Waals surface area contributed by atoms with Crippen molar-refractivity contribution in [1.29, 1.82) is 0 Å². The van der Waals surface area contributed by atoms with Gasteiger partial charge in [0, 0.05) is 12.9 Å². The van der Waals surface area contributed by atoms with Gasteiger partial charge in [0.15, 0.2) is 0 Å². The van der Waals surface area contributed by atoms with E-state index in [4.69, 9.17) is 0 Å². The lowest BCUT2D eigenvalue weighted by atomic mass is 9.84. The summed E-state index contributed by atoms with van der Waals surface area (Å²) in [5.74, 6) is 0.299. The van der Waals surface area contributed by atoms with Gasteiger partial charge in [-0.3, -0.25) is 4.79 Å². The van der Waals surface area contributed by atoms with Crippen LogP contribution in [0, 0.1) is 0 Å². The third-order valence-corrected chi connectivity index (χ3v) is 1.31. The first-order valence-electron chi connectivity index (χ1n) is 2.94. The van der Waals surface area contributed by atoms with E-state index in [1.165, 1.54) is 0 Å². The number of nitrogens with one attached hydrogen (secondary N) is 1. The quantitative estimate of drug-likeness (QED) is 0.483. The largest absolute Gasteiger partial charge is 0.360 e. The van der Waals surface area contributed by atoms with Crippen LogP contribution in [0.3, 0.4) is 0 Å². The second-order valence-electron chi connectivity index (χ2n) is 1.92. The zero-order valence-electron chi connectivity index (χ0n) is 5.69. The molecule has 0 aliphatic rings. The van der Waals surface area contributed by atoms with E-state index in [1.54, 1.807) is 7.05 Å². The average Bonchev–Trinajstić information content (AvgIpc) is 1.84. The highest BCUT2D eigenvalue weighted by molar-refractivity contribution is 6.23. The van der Waals surface area contributed by atoms with Crippen LogP contribution < -0.4 is 5.32 Å². The summed E-state index contributed by atoms with van der Waals surface area (Å²) in [7, 11) is 3.58. The molecule has 0 aromatic rings. The molecule has 1 unspecified atom stereocenters. The molecule has 0 heterocycles. The highest BCUT2D eigenvalue weighted by Gasteiger charge is 2.05. The van der Waals surface area contributed by atoms with Crippen LogP contribution in [-0.2, 0) is 4.79 Å². The number of hydrogen-bond acceptors (Lipinski definition) is 1. The van der Waals surface area contributed by atoms with Crippen LogP contribution in [-0.4, -0.2) is 20.8 Å². The van der Waals surface area contributed by atoms with Gasteiger partial charge >= 0.3 is 0 Å². The van der Waals surface area contributed by atoms with Gasteiger partial charge in [0.05, 0.1) is 0 Å². The summed E-state index contributed by atoms with van der Waals surface area (Å²) < 4.78 is 0. The van der Waals surface area contributed by atoms with Crippen molar-refractivity contribution in [2.45, 2.75) is 19.2 Å². The van der Waals surface area contributed by atoms with Crippen LogP contribution in [0.15, 0.2) is 0 Å². The minimum absolute atomic E-state index is 0.132. The van der Waals surface area contributed by atoms with E-state index in [9.17, 15) is 4.79 Å². The fraction of sp³-hybridized carbons (Fsp3) is 0.800. The third kappa shape index (κ3) is 2.00. The van der Waals surface area contributed by atoms with Gasteiger partial charge in [0.1, 0.15) is 7.85 Å². The Balaban J connectivity index is 3.46. The van der Waals surface area contributed by atoms with E-state index >= 15 is 0 Å². The monoisotopic (exact) mass is 113 g/mol. The molecule has 0 spiro atoms. The molecular weight excluding hydrogens is 101 g/mol. The number of carbonyl (C=O) groups excluding carboxylic acids is 1. The standard InChI is InChI=1S/C5H12BNO/c1-3-4(6)5(8)7-2/h4H,3,6H2,1-2H3,(H,7,8). The van der Waals surface area contributed by atoms with Crippen LogP contribution >= 0.6 is 0 Å². The van der Waals surface area contributed by atoms with Crippen molar-refractivity contribution in [3.8, 4) is 0 Å². The first kappa shape index (κ1) is 7.53. The molecule has 0 aromatic heterocycles. The van der Waals surface area contributed by atoms with Crippen molar-refractivity contribution in [2.75, 3.05) is 7.05 Å². The first-order chi connectivity index (χ1) is 3.72. The molecule has 0 aliphatic heterocycles. The van der Waals surface area contributed by atoms with E-state index in [0.717, 1.165) is 6.42 Å². The summed E-state index contributed by atoms with van der Waals surface area (Å²) in [4.78, 5) is 10.6. The molecule has 0 radical (unpaired) electrons. The Morgan fingerprint density at radius 1 is 1.88 bits per heavy atom. The molecule has 0 saturated carbocycles. The molecule has 8 heavy (non-hydrogen) atoms. The predicted octanol–water partition coefficient (Wildman–Crippen LogP) is -0.436. The van der Waals surface area contributed by atoms with Gasteiger partial charge in [0.25, 0.3) is 0 Å². The van der Waals surface area contributed by atoms with E-state index in [-0.39, 0.29) is 11.7 Å². The van der Waals surface area contributed by atoms with Crippen LogP contribution in [0.25, 0.3) is 0 Å². The molecule has 2 nitrogen and oxygen atoms in total. The molecule has 1 amide bonds. The molecule has 0 bridgehead atoms. The maximum Gasteiger partial charge on any atom is 0.214 e. The lowest BCUT2D eigenvalue weighted by molar-refractivity contribution is -0.120. The summed E-state index contributed by atoms with van der Waals surface area (Å²) in [5, 5.41) is 2.58. The van der Waals surface area contributed by atoms with Gasteiger partial charge in [-0.1, -0.05) is 13.3 Å². The summed E-state index contributed by atoms with van der Waals surface area (Å²) >= 11 is 0. The second-order valence-corrected chi connectivity index (χ2v) is 1.92. The van der Waals surface area contributed by atoms with Crippen LogP contribution in [0.5, 0.6) is 0 Å². The molecule has 0 aliphatic carbocycles. The van der Waals surface area contributed by atoms with E-state index in [2.05, 4.69) is 5.32 Å². The maximum absolute atomic E-state index is 10.6. The number of hydrogen-bond donors (Lipinski definition) is 1. The lowest BCUT2D eigenvalue weighted by Gasteiger charge is -2.03. The molecular formula is C5H12BNO. The normalized spacial score (nSPS) is 12.8. The van der Waals surface area contributed by atoms with Gasteiger partial charge in [-0.2, -0.15) is 0 Å². The molecule has 0 saturated heterocycles. The minimum Gasteiger partial charge on any atom is -0.360 e. The highest BCUT2D eigenvalue weighted by Crippen LogP contribution is 2.01. The zero-order chi connectivity index (χ0) is 6.57. The van der Waals surface area contributed by atoms with E-state index in [0.29, 0.717) is 0 Å². The average molecular weight is 113 g/mol. The van der Waals surface area contributed by atoms with Crippen molar-refractivity contribution in [2.24, 2.45) is 0 Å². The molecule has 1 atom stereocenters. The Morgan fingerprint density at radius 3 is 2.50 bits per heavy atom. The van der Waals surface area contributed by atoms with Gasteiger partial charge in [-0.05, 0) is 0 Å². The van der Waals surface area contributed by atoms with Gasteiger partial charge in [-0.25, -0.2) is 0 Å². The number of carbonyl (C=O) groups is 1. The smallest absolute Gasteiger partial charge is 0.214 e. The van der Waals surface area contributed by atoms with Gasteiger partial charge < -0.3 is 5.32 Å². The molecule has 1 N–H and O–H groups in total. The molecule has 0 aromatic carbocycles.